The number of halogens is 1. The van der Waals surface area contributed by atoms with Crippen LogP contribution in [0.3, 0.4) is 0 Å². The first-order valence-corrected chi connectivity index (χ1v) is 8.59. The molecule has 0 N–H and O–H groups in total. The van der Waals surface area contributed by atoms with E-state index in [0.717, 1.165) is 5.69 Å². The van der Waals surface area contributed by atoms with Crippen LogP contribution in [0.4, 0.5) is 10.1 Å². The Morgan fingerprint density at radius 2 is 1.81 bits per heavy atom. The van der Waals surface area contributed by atoms with Gasteiger partial charge in [-0.1, -0.05) is 0 Å². The summed E-state index contributed by atoms with van der Waals surface area (Å²) in [6.07, 6.45) is 1.55. The van der Waals surface area contributed by atoms with Crippen molar-refractivity contribution < 1.29 is 18.4 Å². The Hall–Kier alpha value is -2.83. The molecule has 0 saturated carbocycles. The minimum absolute atomic E-state index is 0.0343. The zero-order valence-electron chi connectivity index (χ0n) is 14.7. The topological polar surface area (TPSA) is 57.0 Å². The van der Waals surface area contributed by atoms with Crippen molar-refractivity contribution >= 4 is 17.5 Å². The zero-order valence-corrected chi connectivity index (χ0v) is 14.7. The molecule has 0 radical (unpaired) electrons. The Balaban J connectivity index is 1.53. The summed E-state index contributed by atoms with van der Waals surface area (Å²) in [4.78, 5) is 29.8. The van der Waals surface area contributed by atoms with Crippen molar-refractivity contribution in [2.24, 2.45) is 0 Å². The maximum absolute atomic E-state index is 13.0. The highest BCUT2D eigenvalue weighted by molar-refractivity contribution is 5.84. The number of anilines is 1. The zero-order chi connectivity index (χ0) is 18.5. The number of rotatable bonds is 5. The van der Waals surface area contributed by atoms with Gasteiger partial charge in [0, 0.05) is 38.8 Å². The van der Waals surface area contributed by atoms with Gasteiger partial charge in [0.15, 0.2) is 0 Å². The van der Waals surface area contributed by atoms with E-state index < -0.39 is 0 Å². The van der Waals surface area contributed by atoms with E-state index in [1.54, 1.807) is 35.4 Å². The van der Waals surface area contributed by atoms with E-state index in [0.29, 0.717) is 31.9 Å². The van der Waals surface area contributed by atoms with Crippen molar-refractivity contribution in [3.8, 4) is 0 Å². The van der Waals surface area contributed by atoms with Gasteiger partial charge in [-0.25, -0.2) is 4.39 Å². The first-order valence-electron chi connectivity index (χ1n) is 8.59. The van der Waals surface area contributed by atoms with Gasteiger partial charge in [-0.3, -0.25) is 9.59 Å². The van der Waals surface area contributed by atoms with Crippen LogP contribution >= 0.6 is 0 Å². The van der Waals surface area contributed by atoms with Crippen LogP contribution in [-0.2, 0) is 16.1 Å². The minimum atomic E-state index is -0.261. The van der Waals surface area contributed by atoms with Crippen molar-refractivity contribution in [1.29, 1.82) is 0 Å². The summed E-state index contributed by atoms with van der Waals surface area (Å²) >= 11 is 0. The lowest BCUT2D eigenvalue weighted by atomic mass is 10.2. The Kier molecular flexibility index (Phi) is 5.55. The Bertz CT molecular complexity index is 738. The van der Waals surface area contributed by atoms with Crippen molar-refractivity contribution in [1.82, 2.24) is 9.80 Å². The molecule has 1 aliphatic heterocycles. The molecule has 1 aliphatic rings. The number of benzene rings is 1. The van der Waals surface area contributed by atoms with Gasteiger partial charge >= 0.3 is 0 Å². The molecule has 0 aliphatic carbocycles. The Morgan fingerprint density at radius 1 is 1.12 bits per heavy atom. The third kappa shape index (κ3) is 4.41. The first kappa shape index (κ1) is 18.0. The average molecular weight is 359 g/mol. The summed E-state index contributed by atoms with van der Waals surface area (Å²) in [5, 5.41) is 0. The van der Waals surface area contributed by atoms with E-state index in [2.05, 4.69) is 4.90 Å². The summed E-state index contributed by atoms with van der Waals surface area (Å²) in [6.45, 7) is 4.26. The van der Waals surface area contributed by atoms with Crippen LogP contribution in [0.1, 0.15) is 12.7 Å². The molecule has 6 nitrogen and oxygen atoms in total. The van der Waals surface area contributed by atoms with E-state index in [9.17, 15) is 14.0 Å². The number of hydrogen-bond acceptors (Lipinski definition) is 4. The van der Waals surface area contributed by atoms with Crippen LogP contribution in [0.2, 0.25) is 0 Å². The summed E-state index contributed by atoms with van der Waals surface area (Å²) in [5.41, 5.74) is 0.946. The van der Waals surface area contributed by atoms with Crippen LogP contribution < -0.4 is 4.90 Å². The fourth-order valence-corrected chi connectivity index (χ4v) is 3.00. The molecule has 2 aromatic rings. The maximum Gasteiger partial charge on any atom is 0.242 e. The van der Waals surface area contributed by atoms with Gasteiger partial charge in [-0.15, -0.1) is 0 Å². The Labute approximate surface area is 151 Å². The molecule has 2 amide bonds. The van der Waals surface area contributed by atoms with Crippen LogP contribution in [-0.4, -0.2) is 54.3 Å². The highest BCUT2D eigenvalue weighted by Crippen LogP contribution is 2.17. The number of hydrogen-bond donors (Lipinski definition) is 0. The third-order valence-electron chi connectivity index (χ3n) is 4.52. The molecule has 0 atom stereocenters. The van der Waals surface area contributed by atoms with Crippen molar-refractivity contribution in [2.75, 3.05) is 37.6 Å². The lowest BCUT2D eigenvalue weighted by Gasteiger charge is -2.37. The van der Waals surface area contributed by atoms with Crippen molar-refractivity contribution in [2.45, 2.75) is 13.5 Å². The molecule has 2 heterocycles. The van der Waals surface area contributed by atoms with Gasteiger partial charge in [0.25, 0.3) is 0 Å². The van der Waals surface area contributed by atoms with Crippen LogP contribution in [0, 0.1) is 5.82 Å². The Morgan fingerprint density at radius 3 is 2.38 bits per heavy atom. The molecule has 0 spiro atoms. The van der Waals surface area contributed by atoms with E-state index >= 15 is 0 Å². The van der Waals surface area contributed by atoms with Gasteiger partial charge in [-0.2, -0.15) is 0 Å². The summed E-state index contributed by atoms with van der Waals surface area (Å²) < 4.78 is 18.3. The molecule has 138 valence electrons. The molecular weight excluding hydrogens is 337 g/mol. The van der Waals surface area contributed by atoms with E-state index in [-0.39, 0.29) is 30.7 Å². The molecule has 1 saturated heterocycles. The smallest absolute Gasteiger partial charge is 0.242 e. The number of nitrogens with zero attached hydrogens (tertiary/aromatic N) is 3. The second-order valence-corrected chi connectivity index (χ2v) is 6.30. The molecule has 1 fully saturated rings. The van der Waals surface area contributed by atoms with Gasteiger partial charge in [0.05, 0.1) is 12.8 Å². The molecule has 3 rings (SSSR count). The number of furan rings is 1. The highest BCUT2D eigenvalue weighted by Gasteiger charge is 2.24. The van der Waals surface area contributed by atoms with Gasteiger partial charge in [0.2, 0.25) is 11.8 Å². The SMILES string of the molecule is CC(=O)N(CC(=O)N1CCN(c2ccc(F)cc2)CC1)Cc1ccco1. The minimum Gasteiger partial charge on any atom is -0.467 e. The number of carbonyl (C=O) groups is 2. The summed E-state index contributed by atoms with van der Waals surface area (Å²) in [5.74, 6) is 0.141. The van der Waals surface area contributed by atoms with Gasteiger partial charge < -0.3 is 19.1 Å². The summed E-state index contributed by atoms with van der Waals surface area (Å²) in [7, 11) is 0. The lowest BCUT2D eigenvalue weighted by Crippen LogP contribution is -2.51. The molecule has 0 bridgehead atoms. The molecule has 1 aromatic heterocycles. The second kappa shape index (κ2) is 8.03. The summed E-state index contributed by atoms with van der Waals surface area (Å²) in [6, 6.07) is 9.89. The standard InChI is InChI=1S/C19H22FN3O3/c1-15(24)23(13-18-3-2-12-26-18)14-19(25)22-10-8-21(9-11-22)17-6-4-16(20)5-7-17/h2-7,12H,8-11,13-14H2,1H3. The first-order chi connectivity index (χ1) is 12.5. The van der Waals surface area contributed by atoms with Crippen LogP contribution in [0.15, 0.2) is 47.1 Å². The van der Waals surface area contributed by atoms with Crippen molar-refractivity contribution in [3.05, 3.63) is 54.2 Å². The van der Waals surface area contributed by atoms with Crippen molar-refractivity contribution in [3.63, 3.8) is 0 Å². The average Bonchev–Trinajstić information content (AvgIpc) is 3.15. The largest absolute Gasteiger partial charge is 0.467 e. The molecule has 26 heavy (non-hydrogen) atoms. The lowest BCUT2D eigenvalue weighted by molar-refractivity contribution is -0.140. The third-order valence-corrected chi connectivity index (χ3v) is 4.52. The van der Waals surface area contributed by atoms with Gasteiger partial charge in [-0.05, 0) is 36.4 Å². The van der Waals surface area contributed by atoms with Crippen LogP contribution in [0.25, 0.3) is 0 Å². The molecule has 1 aromatic carbocycles. The highest BCUT2D eigenvalue weighted by atomic mass is 19.1. The molecule has 7 heteroatoms. The second-order valence-electron chi connectivity index (χ2n) is 6.30. The monoisotopic (exact) mass is 359 g/mol. The van der Waals surface area contributed by atoms with Gasteiger partial charge in [0.1, 0.15) is 18.1 Å². The number of carbonyl (C=O) groups excluding carboxylic acids is 2. The van der Waals surface area contributed by atoms with Crippen LogP contribution in [0.5, 0.6) is 0 Å². The van der Waals surface area contributed by atoms with E-state index in [4.69, 9.17) is 4.42 Å². The maximum atomic E-state index is 13.0. The molecular formula is C19H22FN3O3. The normalized spacial score (nSPS) is 14.4. The van der Waals surface area contributed by atoms with E-state index in [1.807, 2.05) is 0 Å². The number of amides is 2. The van der Waals surface area contributed by atoms with E-state index in [1.165, 1.54) is 24.0 Å². The predicted molar refractivity (Wildman–Crippen MR) is 95.0 cm³/mol. The number of piperazine rings is 1. The quantitative estimate of drug-likeness (QED) is 0.821. The fraction of sp³-hybridized carbons (Fsp3) is 0.368. The fourth-order valence-electron chi connectivity index (χ4n) is 3.00. The predicted octanol–water partition coefficient (Wildman–Crippen LogP) is 2.12. The molecule has 0 unspecified atom stereocenters.